The van der Waals surface area contributed by atoms with E-state index < -0.39 is 0 Å². The second-order valence-corrected chi connectivity index (χ2v) is 5.73. The largest absolute Gasteiger partial charge is 0.352 e. The van der Waals surface area contributed by atoms with Crippen LogP contribution in [-0.4, -0.2) is 36.0 Å². The SMILES string of the molecule is CSC1CCC(NCC(=O)NC2CC2)C1. The van der Waals surface area contributed by atoms with E-state index in [1.54, 1.807) is 0 Å². The lowest BCUT2D eigenvalue weighted by Gasteiger charge is -2.12. The third-order valence-corrected chi connectivity index (χ3v) is 4.31. The molecule has 86 valence electrons. The molecule has 0 saturated heterocycles. The summed E-state index contributed by atoms with van der Waals surface area (Å²) >= 11 is 1.95. The van der Waals surface area contributed by atoms with Crippen molar-refractivity contribution < 1.29 is 4.79 Å². The number of nitrogens with one attached hydrogen (secondary N) is 2. The van der Waals surface area contributed by atoms with E-state index in [4.69, 9.17) is 0 Å². The average molecular weight is 228 g/mol. The third kappa shape index (κ3) is 3.68. The van der Waals surface area contributed by atoms with Crippen molar-refractivity contribution >= 4 is 17.7 Å². The molecule has 2 aliphatic carbocycles. The molecule has 0 heterocycles. The van der Waals surface area contributed by atoms with Gasteiger partial charge in [0.1, 0.15) is 0 Å². The minimum Gasteiger partial charge on any atom is -0.352 e. The average Bonchev–Trinajstić information content (AvgIpc) is 2.92. The molecule has 1 amide bonds. The van der Waals surface area contributed by atoms with E-state index >= 15 is 0 Å². The van der Waals surface area contributed by atoms with Gasteiger partial charge < -0.3 is 10.6 Å². The fourth-order valence-electron chi connectivity index (χ4n) is 2.08. The van der Waals surface area contributed by atoms with Gasteiger partial charge in [-0.15, -0.1) is 0 Å². The molecule has 3 nitrogen and oxygen atoms in total. The molecule has 2 unspecified atom stereocenters. The molecule has 2 N–H and O–H groups in total. The monoisotopic (exact) mass is 228 g/mol. The van der Waals surface area contributed by atoms with Crippen molar-refractivity contribution in [3.63, 3.8) is 0 Å². The molecule has 2 fully saturated rings. The zero-order valence-corrected chi connectivity index (χ0v) is 10.1. The standard InChI is InChI=1S/C11H20N2OS/c1-15-10-5-4-9(6-10)12-7-11(14)13-8-2-3-8/h8-10,12H,2-7H2,1H3,(H,13,14). The number of hydrogen-bond donors (Lipinski definition) is 2. The topological polar surface area (TPSA) is 41.1 Å². The fraction of sp³-hybridized carbons (Fsp3) is 0.909. The highest BCUT2D eigenvalue weighted by molar-refractivity contribution is 7.99. The Hall–Kier alpha value is -0.220. The minimum absolute atomic E-state index is 0.171. The van der Waals surface area contributed by atoms with Gasteiger partial charge in [0, 0.05) is 17.3 Å². The van der Waals surface area contributed by atoms with Crippen molar-refractivity contribution in [2.45, 2.75) is 49.4 Å². The van der Waals surface area contributed by atoms with E-state index in [-0.39, 0.29) is 5.91 Å². The van der Waals surface area contributed by atoms with Crippen molar-refractivity contribution in [1.82, 2.24) is 10.6 Å². The molecule has 2 saturated carbocycles. The minimum atomic E-state index is 0.171. The van der Waals surface area contributed by atoms with Crippen LogP contribution < -0.4 is 10.6 Å². The lowest BCUT2D eigenvalue weighted by molar-refractivity contribution is -0.120. The maximum atomic E-state index is 11.4. The lowest BCUT2D eigenvalue weighted by Crippen LogP contribution is -2.39. The summed E-state index contributed by atoms with van der Waals surface area (Å²) in [5.74, 6) is 0.171. The molecule has 0 aromatic rings. The Morgan fingerprint density at radius 2 is 2.00 bits per heavy atom. The van der Waals surface area contributed by atoms with Crippen molar-refractivity contribution in [3.05, 3.63) is 0 Å². The van der Waals surface area contributed by atoms with Gasteiger partial charge in [-0.3, -0.25) is 4.79 Å². The number of thioether (sulfide) groups is 1. The molecule has 0 aromatic carbocycles. The predicted octanol–water partition coefficient (Wildman–Crippen LogP) is 1.14. The summed E-state index contributed by atoms with van der Waals surface area (Å²) in [6, 6.07) is 1.05. The van der Waals surface area contributed by atoms with Crippen LogP contribution in [0.25, 0.3) is 0 Å². The Morgan fingerprint density at radius 1 is 1.27 bits per heavy atom. The lowest BCUT2D eigenvalue weighted by atomic mass is 10.2. The van der Waals surface area contributed by atoms with Crippen LogP contribution in [0, 0.1) is 0 Å². The van der Waals surface area contributed by atoms with Crippen molar-refractivity contribution in [2.24, 2.45) is 0 Å². The zero-order valence-electron chi connectivity index (χ0n) is 9.29. The highest BCUT2D eigenvalue weighted by Gasteiger charge is 2.26. The number of amides is 1. The van der Waals surface area contributed by atoms with E-state index in [2.05, 4.69) is 16.9 Å². The van der Waals surface area contributed by atoms with E-state index in [1.807, 2.05) is 11.8 Å². The van der Waals surface area contributed by atoms with Gasteiger partial charge in [-0.2, -0.15) is 11.8 Å². The van der Waals surface area contributed by atoms with Gasteiger partial charge in [-0.1, -0.05) is 0 Å². The quantitative estimate of drug-likeness (QED) is 0.741. The van der Waals surface area contributed by atoms with E-state index in [0.29, 0.717) is 18.6 Å². The Labute approximate surface area is 95.8 Å². The molecular weight excluding hydrogens is 208 g/mol. The fourth-order valence-corrected chi connectivity index (χ4v) is 2.88. The molecule has 2 rings (SSSR count). The summed E-state index contributed by atoms with van der Waals surface area (Å²) in [4.78, 5) is 11.4. The van der Waals surface area contributed by atoms with Crippen LogP contribution >= 0.6 is 11.8 Å². The second kappa shape index (κ2) is 5.21. The summed E-state index contributed by atoms with van der Waals surface area (Å²) < 4.78 is 0. The maximum Gasteiger partial charge on any atom is 0.234 e. The van der Waals surface area contributed by atoms with Gasteiger partial charge in [0.25, 0.3) is 0 Å². The Morgan fingerprint density at radius 3 is 2.60 bits per heavy atom. The Kier molecular flexibility index (Phi) is 3.92. The molecule has 4 heteroatoms. The van der Waals surface area contributed by atoms with E-state index in [1.165, 1.54) is 32.1 Å². The van der Waals surface area contributed by atoms with Gasteiger partial charge in [0.15, 0.2) is 0 Å². The summed E-state index contributed by atoms with van der Waals surface area (Å²) in [7, 11) is 0. The summed E-state index contributed by atoms with van der Waals surface area (Å²) in [6.45, 7) is 0.502. The molecule has 2 aliphatic rings. The number of carbonyl (C=O) groups is 1. The molecule has 0 aromatic heterocycles. The molecule has 0 radical (unpaired) electrons. The Balaban J connectivity index is 1.58. The van der Waals surface area contributed by atoms with Crippen LogP contribution in [0.2, 0.25) is 0 Å². The number of rotatable bonds is 5. The normalized spacial score (nSPS) is 30.5. The molecular formula is C11H20N2OS. The first kappa shape index (κ1) is 11.3. The second-order valence-electron chi connectivity index (χ2n) is 4.59. The third-order valence-electron chi connectivity index (χ3n) is 3.21. The molecule has 0 aliphatic heterocycles. The summed E-state index contributed by atoms with van der Waals surface area (Å²) in [5.41, 5.74) is 0. The highest BCUT2D eigenvalue weighted by atomic mass is 32.2. The van der Waals surface area contributed by atoms with Crippen LogP contribution in [0.4, 0.5) is 0 Å². The Bertz CT molecular complexity index is 231. The smallest absolute Gasteiger partial charge is 0.234 e. The van der Waals surface area contributed by atoms with E-state index in [9.17, 15) is 4.79 Å². The first-order chi connectivity index (χ1) is 7.28. The van der Waals surface area contributed by atoms with Crippen LogP contribution in [-0.2, 0) is 4.79 Å². The number of carbonyl (C=O) groups excluding carboxylic acids is 1. The molecule has 0 spiro atoms. The van der Waals surface area contributed by atoms with Crippen molar-refractivity contribution in [2.75, 3.05) is 12.8 Å². The highest BCUT2D eigenvalue weighted by Crippen LogP contribution is 2.27. The van der Waals surface area contributed by atoms with Gasteiger partial charge >= 0.3 is 0 Å². The van der Waals surface area contributed by atoms with Gasteiger partial charge in [-0.25, -0.2) is 0 Å². The zero-order chi connectivity index (χ0) is 10.7. The van der Waals surface area contributed by atoms with Crippen LogP contribution in [0.1, 0.15) is 32.1 Å². The number of hydrogen-bond acceptors (Lipinski definition) is 3. The first-order valence-electron chi connectivity index (χ1n) is 5.83. The van der Waals surface area contributed by atoms with Gasteiger partial charge in [-0.05, 0) is 38.4 Å². The summed E-state index contributed by atoms with van der Waals surface area (Å²) in [6.07, 6.45) is 8.25. The van der Waals surface area contributed by atoms with Crippen molar-refractivity contribution in [3.8, 4) is 0 Å². The molecule has 15 heavy (non-hydrogen) atoms. The molecule has 2 atom stereocenters. The molecule has 0 bridgehead atoms. The van der Waals surface area contributed by atoms with Crippen molar-refractivity contribution in [1.29, 1.82) is 0 Å². The van der Waals surface area contributed by atoms with Crippen LogP contribution in [0.3, 0.4) is 0 Å². The van der Waals surface area contributed by atoms with Gasteiger partial charge in [0.2, 0.25) is 5.91 Å². The van der Waals surface area contributed by atoms with Crippen LogP contribution in [0.15, 0.2) is 0 Å². The van der Waals surface area contributed by atoms with Crippen LogP contribution in [0.5, 0.6) is 0 Å². The van der Waals surface area contributed by atoms with Gasteiger partial charge in [0.05, 0.1) is 6.54 Å². The summed E-state index contributed by atoms with van der Waals surface area (Å²) in [5, 5.41) is 7.15. The first-order valence-corrected chi connectivity index (χ1v) is 7.12. The maximum absolute atomic E-state index is 11.4. The van der Waals surface area contributed by atoms with E-state index in [0.717, 1.165) is 5.25 Å². The predicted molar refractivity (Wildman–Crippen MR) is 64.1 cm³/mol.